The van der Waals surface area contributed by atoms with Crippen LogP contribution in [-0.4, -0.2) is 24.1 Å². The highest BCUT2D eigenvalue weighted by Gasteiger charge is 2.13. The molecule has 0 spiro atoms. The van der Waals surface area contributed by atoms with Gasteiger partial charge in [-0.15, -0.1) is 0 Å². The molecule has 0 fully saturated rings. The van der Waals surface area contributed by atoms with Crippen LogP contribution >= 0.6 is 22.6 Å². The predicted octanol–water partition coefficient (Wildman–Crippen LogP) is 3.24. The van der Waals surface area contributed by atoms with E-state index in [0.29, 0.717) is 6.61 Å². The summed E-state index contributed by atoms with van der Waals surface area (Å²) in [6.45, 7) is 2.54. The van der Waals surface area contributed by atoms with Gasteiger partial charge in [0.15, 0.2) is 5.82 Å². The Labute approximate surface area is 126 Å². The van der Waals surface area contributed by atoms with Crippen molar-refractivity contribution in [1.29, 1.82) is 0 Å². The molecule has 1 aromatic heterocycles. The Morgan fingerprint density at radius 1 is 1.26 bits per heavy atom. The largest absolute Gasteiger partial charge is 0.378 e. The van der Waals surface area contributed by atoms with Crippen molar-refractivity contribution >= 4 is 28.4 Å². The molecule has 0 saturated carbocycles. The van der Waals surface area contributed by atoms with Crippen molar-refractivity contribution < 1.29 is 4.74 Å². The molecule has 0 saturated heterocycles. The first kappa shape index (κ1) is 14.2. The molecule has 0 amide bonds. The van der Waals surface area contributed by atoms with Gasteiger partial charge in [-0.3, -0.25) is 0 Å². The summed E-state index contributed by atoms with van der Waals surface area (Å²) in [6.07, 6.45) is 0. The van der Waals surface area contributed by atoms with E-state index in [1.54, 1.807) is 7.11 Å². The van der Waals surface area contributed by atoms with Gasteiger partial charge in [-0.1, -0.05) is 24.3 Å². The summed E-state index contributed by atoms with van der Waals surface area (Å²) in [5.41, 5.74) is 3.11. The number of nitrogens with one attached hydrogen (secondary N) is 1. The fraction of sp³-hybridized carbons (Fsp3) is 0.286. The Bertz CT molecular complexity index is 587. The van der Waals surface area contributed by atoms with Crippen molar-refractivity contribution in [3.05, 3.63) is 39.1 Å². The van der Waals surface area contributed by atoms with Gasteiger partial charge in [0.2, 0.25) is 0 Å². The van der Waals surface area contributed by atoms with Gasteiger partial charge in [0, 0.05) is 19.7 Å². The zero-order valence-electron chi connectivity index (χ0n) is 11.2. The molecule has 2 aromatic rings. The number of hydrogen-bond acceptors (Lipinski definition) is 4. The fourth-order valence-electron chi connectivity index (χ4n) is 1.84. The highest BCUT2D eigenvalue weighted by atomic mass is 127. The van der Waals surface area contributed by atoms with Crippen LogP contribution in [0.2, 0.25) is 0 Å². The van der Waals surface area contributed by atoms with Crippen molar-refractivity contribution in [3.63, 3.8) is 0 Å². The molecule has 1 heterocycles. The molecule has 100 valence electrons. The van der Waals surface area contributed by atoms with Crippen LogP contribution in [0.1, 0.15) is 11.3 Å². The summed E-state index contributed by atoms with van der Waals surface area (Å²) >= 11 is 2.24. The van der Waals surface area contributed by atoms with Crippen LogP contribution in [0.5, 0.6) is 0 Å². The van der Waals surface area contributed by atoms with Gasteiger partial charge in [-0.05, 0) is 35.1 Å². The molecule has 0 bridgehead atoms. The summed E-state index contributed by atoms with van der Waals surface area (Å²) in [4.78, 5) is 9.20. The van der Waals surface area contributed by atoms with Gasteiger partial charge >= 0.3 is 0 Å². The number of anilines is 1. The Morgan fingerprint density at radius 2 is 2.00 bits per heavy atom. The van der Waals surface area contributed by atoms with Crippen LogP contribution < -0.4 is 5.32 Å². The van der Waals surface area contributed by atoms with Crippen LogP contribution in [-0.2, 0) is 11.3 Å². The molecule has 0 aliphatic rings. The third kappa shape index (κ3) is 3.03. The van der Waals surface area contributed by atoms with E-state index in [1.807, 2.05) is 25.2 Å². The van der Waals surface area contributed by atoms with E-state index in [2.05, 4.69) is 50.9 Å². The van der Waals surface area contributed by atoms with Crippen LogP contribution in [0.4, 0.5) is 5.82 Å². The lowest BCUT2D eigenvalue weighted by molar-refractivity contribution is 0.181. The predicted molar refractivity (Wildman–Crippen MR) is 85.2 cm³/mol. The second-order valence-corrected chi connectivity index (χ2v) is 5.23. The van der Waals surface area contributed by atoms with E-state index in [4.69, 9.17) is 4.74 Å². The SMILES string of the molecule is CNc1nc(-c2ccccc2C)nc(COC)c1I. The lowest BCUT2D eigenvalue weighted by Crippen LogP contribution is -2.06. The standard InChI is InChI=1S/C14H16IN3O/c1-9-6-4-5-7-10(9)13-17-11(8-19-3)12(15)14(16-2)18-13/h4-7H,8H2,1-3H3,(H,16,17,18). The minimum Gasteiger partial charge on any atom is -0.378 e. The third-order valence-corrected chi connectivity index (χ3v) is 3.96. The van der Waals surface area contributed by atoms with E-state index < -0.39 is 0 Å². The molecule has 19 heavy (non-hydrogen) atoms. The maximum absolute atomic E-state index is 5.21. The van der Waals surface area contributed by atoms with Gasteiger partial charge in [0.25, 0.3) is 0 Å². The Balaban J connectivity index is 2.58. The van der Waals surface area contributed by atoms with E-state index in [1.165, 1.54) is 0 Å². The van der Waals surface area contributed by atoms with Crippen molar-refractivity contribution in [3.8, 4) is 11.4 Å². The summed E-state index contributed by atoms with van der Waals surface area (Å²) in [6, 6.07) is 8.11. The van der Waals surface area contributed by atoms with Crippen LogP contribution in [0, 0.1) is 10.5 Å². The summed E-state index contributed by atoms with van der Waals surface area (Å²) in [5, 5.41) is 3.11. The molecule has 4 nitrogen and oxygen atoms in total. The Kier molecular flexibility index (Phi) is 4.71. The zero-order valence-corrected chi connectivity index (χ0v) is 13.4. The second kappa shape index (κ2) is 6.29. The van der Waals surface area contributed by atoms with Gasteiger partial charge in [-0.25, -0.2) is 9.97 Å². The average molecular weight is 369 g/mol. The van der Waals surface area contributed by atoms with Gasteiger partial charge in [0.1, 0.15) is 5.82 Å². The van der Waals surface area contributed by atoms with Gasteiger partial charge < -0.3 is 10.1 Å². The Hall–Kier alpha value is -1.21. The van der Waals surface area contributed by atoms with Crippen LogP contribution in [0.15, 0.2) is 24.3 Å². The molecule has 0 unspecified atom stereocenters. The summed E-state index contributed by atoms with van der Waals surface area (Å²) in [5.74, 6) is 1.57. The van der Waals surface area contributed by atoms with Crippen molar-refractivity contribution in [1.82, 2.24) is 9.97 Å². The van der Waals surface area contributed by atoms with E-state index in [0.717, 1.165) is 32.0 Å². The van der Waals surface area contributed by atoms with Crippen LogP contribution in [0.3, 0.4) is 0 Å². The average Bonchev–Trinajstić information content (AvgIpc) is 2.42. The molecule has 0 aliphatic heterocycles. The van der Waals surface area contributed by atoms with Crippen LogP contribution in [0.25, 0.3) is 11.4 Å². The summed E-state index contributed by atoms with van der Waals surface area (Å²) < 4.78 is 6.21. The number of hydrogen-bond donors (Lipinski definition) is 1. The highest BCUT2D eigenvalue weighted by molar-refractivity contribution is 14.1. The van der Waals surface area contributed by atoms with Crippen molar-refractivity contribution in [2.45, 2.75) is 13.5 Å². The zero-order chi connectivity index (χ0) is 13.8. The van der Waals surface area contributed by atoms with Gasteiger partial charge in [0.05, 0.1) is 15.9 Å². The number of benzene rings is 1. The summed E-state index contributed by atoms with van der Waals surface area (Å²) in [7, 11) is 3.54. The molecule has 0 aliphatic carbocycles. The fourth-order valence-corrected chi connectivity index (χ4v) is 2.50. The van der Waals surface area contributed by atoms with Gasteiger partial charge in [-0.2, -0.15) is 0 Å². The number of aromatic nitrogens is 2. The quantitative estimate of drug-likeness (QED) is 0.841. The molecule has 0 atom stereocenters. The molecule has 1 N–H and O–H groups in total. The molecular weight excluding hydrogens is 353 g/mol. The van der Waals surface area contributed by atoms with Crippen molar-refractivity contribution in [2.75, 3.05) is 19.5 Å². The molecular formula is C14H16IN3O. The van der Waals surface area contributed by atoms with E-state index >= 15 is 0 Å². The number of rotatable bonds is 4. The first-order valence-corrected chi connectivity index (χ1v) is 7.04. The first-order valence-electron chi connectivity index (χ1n) is 5.96. The normalized spacial score (nSPS) is 10.5. The first-order chi connectivity index (χ1) is 9.17. The minimum absolute atomic E-state index is 0.481. The number of methoxy groups -OCH3 is 1. The topological polar surface area (TPSA) is 47.0 Å². The maximum Gasteiger partial charge on any atom is 0.162 e. The number of ether oxygens (including phenoxy) is 1. The molecule has 0 radical (unpaired) electrons. The highest BCUT2D eigenvalue weighted by Crippen LogP contribution is 2.26. The number of aryl methyl sites for hydroxylation is 1. The molecule has 2 rings (SSSR count). The third-order valence-electron chi connectivity index (χ3n) is 2.82. The van der Waals surface area contributed by atoms with E-state index in [-0.39, 0.29) is 0 Å². The molecule has 5 heteroatoms. The van der Waals surface area contributed by atoms with E-state index in [9.17, 15) is 0 Å². The number of halogens is 1. The lowest BCUT2D eigenvalue weighted by atomic mass is 10.1. The maximum atomic E-state index is 5.21. The second-order valence-electron chi connectivity index (χ2n) is 4.15. The molecule has 1 aromatic carbocycles. The monoisotopic (exact) mass is 369 g/mol. The van der Waals surface area contributed by atoms with Crippen molar-refractivity contribution in [2.24, 2.45) is 0 Å². The Morgan fingerprint density at radius 3 is 2.63 bits per heavy atom. The minimum atomic E-state index is 0.481. The number of nitrogens with zero attached hydrogens (tertiary/aromatic N) is 2. The lowest BCUT2D eigenvalue weighted by Gasteiger charge is -2.12. The smallest absolute Gasteiger partial charge is 0.162 e.